The Balaban J connectivity index is 2.64. The molecule has 0 saturated heterocycles. The summed E-state index contributed by atoms with van der Waals surface area (Å²) in [4.78, 5) is 10.6. The second kappa shape index (κ2) is 4.27. The number of nitrogens with two attached hydrogens (primary N) is 1. The van der Waals surface area contributed by atoms with E-state index < -0.39 is 0 Å². The molecular formula is C9H12N4O. The molecule has 0 unspecified atom stereocenters. The molecule has 5 nitrogen and oxygen atoms in total. The Morgan fingerprint density at radius 2 is 1.93 bits per heavy atom. The van der Waals surface area contributed by atoms with Crippen molar-refractivity contribution in [2.75, 3.05) is 5.43 Å². The first-order valence-corrected chi connectivity index (χ1v) is 4.06. The number of carbonyl (C=O) groups is 1. The van der Waals surface area contributed by atoms with E-state index in [9.17, 15) is 4.79 Å². The predicted octanol–water partition coefficient (Wildman–Crippen LogP) is 0.434. The molecule has 74 valence electrons. The lowest BCUT2D eigenvalue weighted by atomic mass is 10.2. The molecule has 5 N–H and O–H groups in total. The van der Waals surface area contributed by atoms with Crippen molar-refractivity contribution in [2.24, 2.45) is 5.73 Å². The molecule has 1 amide bonds. The van der Waals surface area contributed by atoms with Crippen LogP contribution in [-0.4, -0.2) is 11.7 Å². The van der Waals surface area contributed by atoms with Gasteiger partial charge in [-0.25, -0.2) is 0 Å². The van der Waals surface area contributed by atoms with Gasteiger partial charge in [0.2, 0.25) is 5.91 Å². The van der Waals surface area contributed by atoms with Crippen LogP contribution in [0.4, 0.5) is 5.69 Å². The van der Waals surface area contributed by atoms with Crippen LogP contribution in [0.5, 0.6) is 0 Å². The maximum Gasteiger partial charge on any atom is 0.235 e. The van der Waals surface area contributed by atoms with Crippen molar-refractivity contribution in [3.8, 4) is 0 Å². The summed E-state index contributed by atoms with van der Waals surface area (Å²) in [6.07, 6.45) is 0. The van der Waals surface area contributed by atoms with Crippen molar-refractivity contribution in [3.05, 3.63) is 29.8 Å². The molecule has 0 fully saturated rings. The van der Waals surface area contributed by atoms with Crippen LogP contribution in [0.25, 0.3) is 0 Å². The Labute approximate surface area is 81.8 Å². The summed E-state index contributed by atoms with van der Waals surface area (Å²) in [5.41, 5.74) is 11.8. The maximum absolute atomic E-state index is 10.6. The van der Waals surface area contributed by atoms with Gasteiger partial charge in [-0.2, -0.15) is 0 Å². The van der Waals surface area contributed by atoms with E-state index in [4.69, 9.17) is 11.1 Å². The van der Waals surface area contributed by atoms with Crippen LogP contribution in [0.15, 0.2) is 24.3 Å². The standard InChI is InChI=1S/C9H12N4O/c1-6(14)12-13-8-4-2-7(3-5-8)9(10)11/h2-5,13H,1H3,(H3,10,11)(H,12,14). The van der Waals surface area contributed by atoms with Gasteiger partial charge in [0.1, 0.15) is 5.84 Å². The Kier molecular flexibility index (Phi) is 3.06. The third-order valence-corrected chi connectivity index (χ3v) is 1.58. The highest BCUT2D eigenvalue weighted by molar-refractivity contribution is 5.95. The first kappa shape index (κ1) is 10.0. The van der Waals surface area contributed by atoms with E-state index >= 15 is 0 Å². The number of nitrogens with one attached hydrogen (secondary N) is 3. The molecule has 14 heavy (non-hydrogen) atoms. The van der Waals surface area contributed by atoms with Crippen molar-refractivity contribution >= 4 is 17.4 Å². The lowest BCUT2D eigenvalue weighted by Gasteiger charge is -2.06. The Morgan fingerprint density at radius 3 is 2.36 bits per heavy atom. The quantitative estimate of drug-likeness (QED) is 0.318. The van der Waals surface area contributed by atoms with E-state index in [1.165, 1.54) is 6.92 Å². The van der Waals surface area contributed by atoms with Crippen LogP contribution in [0.1, 0.15) is 12.5 Å². The van der Waals surface area contributed by atoms with Crippen molar-refractivity contribution in [1.29, 1.82) is 5.41 Å². The first-order chi connectivity index (χ1) is 6.59. The molecule has 0 heterocycles. The smallest absolute Gasteiger partial charge is 0.235 e. The number of nitrogen functional groups attached to an aromatic ring is 1. The fraction of sp³-hybridized carbons (Fsp3) is 0.111. The monoisotopic (exact) mass is 192 g/mol. The highest BCUT2D eigenvalue weighted by Crippen LogP contribution is 2.07. The fourth-order valence-corrected chi connectivity index (χ4v) is 0.893. The van der Waals surface area contributed by atoms with Gasteiger partial charge in [-0.15, -0.1) is 0 Å². The van der Waals surface area contributed by atoms with E-state index in [0.717, 1.165) is 5.69 Å². The molecule has 0 atom stereocenters. The summed E-state index contributed by atoms with van der Waals surface area (Å²) in [5.74, 6) is -0.142. The largest absolute Gasteiger partial charge is 0.384 e. The van der Waals surface area contributed by atoms with Crippen LogP contribution in [-0.2, 0) is 4.79 Å². The van der Waals surface area contributed by atoms with Crippen molar-refractivity contribution in [2.45, 2.75) is 6.92 Å². The second-order valence-corrected chi connectivity index (χ2v) is 2.80. The SMILES string of the molecule is CC(=O)NNc1ccc(C(=N)N)cc1. The van der Waals surface area contributed by atoms with Gasteiger partial charge in [0.25, 0.3) is 0 Å². The average molecular weight is 192 g/mol. The molecule has 1 aromatic rings. The minimum atomic E-state index is -0.166. The second-order valence-electron chi connectivity index (χ2n) is 2.80. The number of hydrogen-bond acceptors (Lipinski definition) is 3. The zero-order valence-corrected chi connectivity index (χ0v) is 7.79. The van der Waals surface area contributed by atoms with Gasteiger partial charge in [-0.3, -0.25) is 21.1 Å². The summed E-state index contributed by atoms with van der Waals surface area (Å²) in [5, 5.41) is 7.16. The molecule has 0 aliphatic rings. The number of amidine groups is 1. The molecule has 0 spiro atoms. The van der Waals surface area contributed by atoms with E-state index in [2.05, 4.69) is 10.9 Å². The van der Waals surface area contributed by atoms with Gasteiger partial charge in [0, 0.05) is 12.5 Å². The molecule has 0 aliphatic carbocycles. The Hall–Kier alpha value is -2.04. The van der Waals surface area contributed by atoms with E-state index in [0.29, 0.717) is 5.56 Å². The van der Waals surface area contributed by atoms with Gasteiger partial charge in [0.15, 0.2) is 0 Å². The molecule has 0 radical (unpaired) electrons. The molecule has 0 bridgehead atoms. The number of hydrazine groups is 1. The van der Waals surface area contributed by atoms with Gasteiger partial charge in [0.05, 0.1) is 5.69 Å². The molecule has 1 rings (SSSR count). The third kappa shape index (κ3) is 2.78. The normalized spacial score (nSPS) is 9.21. The van der Waals surface area contributed by atoms with E-state index in [1.54, 1.807) is 24.3 Å². The molecule has 0 saturated carbocycles. The molecule has 0 aliphatic heterocycles. The topological polar surface area (TPSA) is 91.0 Å². The third-order valence-electron chi connectivity index (χ3n) is 1.58. The van der Waals surface area contributed by atoms with Crippen LogP contribution in [0.3, 0.4) is 0 Å². The molecule has 1 aromatic carbocycles. The molecule has 0 aromatic heterocycles. The predicted molar refractivity (Wildman–Crippen MR) is 54.9 cm³/mol. The van der Waals surface area contributed by atoms with Crippen molar-refractivity contribution < 1.29 is 4.79 Å². The Bertz CT molecular complexity index is 344. The summed E-state index contributed by atoms with van der Waals surface area (Å²) in [6, 6.07) is 6.86. The van der Waals surface area contributed by atoms with Crippen molar-refractivity contribution in [3.63, 3.8) is 0 Å². The number of rotatable bonds is 3. The highest BCUT2D eigenvalue weighted by Gasteiger charge is 1.96. The van der Waals surface area contributed by atoms with Crippen LogP contribution in [0.2, 0.25) is 0 Å². The minimum absolute atomic E-state index is 0.0241. The van der Waals surface area contributed by atoms with Gasteiger partial charge in [-0.1, -0.05) is 0 Å². The molecule has 5 heteroatoms. The molecular weight excluding hydrogens is 180 g/mol. The number of hydrogen-bond donors (Lipinski definition) is 4. The first-order valence-electron chi connectivity index (χ1n) is 4.06. The van der Waals surface area contributed by atoms with Gasteiger partial charge >= 0.3 is 0 Å². The summed E-state index contributed by atoms with van der Waals surface area (Å²) >= 11 is 0. The van der Waals surface area contributed by atoms with Crippen molar-refractivity contribution in [1.82, 2.24) is 5.43 Å². The summed E-state index contributed by atoms with van der Waals surface area (Å²) < 4.78 is 0. The zero-order valence-electron chi connectivity index (χ0n) is 7.79. The summed E-state index contributed by atoms with van der Waals surface area (Å²) in [7, 11) is 0. The highest BCUT2D eigenvalue weighted by atomic mass is 16.2. The van der Waals surface area contributed by atoms with Gasteiger partial charge in [-0.05, 0) is 24.3 Å². The minimum Gasteiger partial charge on any atom is -0.384 e. The average Bonchev–Trinajstić information content (AvgIpc) is 2.15. The number of benzene rings is 1. The van der Waals surface area contributed by atoms with Gasteiger partial charge < -0.3 is 5.73 Å². The van der Waals surface area contributed by atoms with E-state index in [1.807, 2.05) is 0 Å². The Morgan fingerprint density at radius 1 is 1.36 bits per heavy atom. The summed E-state index contributed by atoms with van der Waals surface area (Å²) in [6.45, 7) is 1.41. The van der Waals surface area contributed by atoms with Crippen LogP contribution < -0.4 is 16.6 Å². The lowest BCUT2D eigenvalue weighted by Crippen LogP contribution is -2.26. The maximum atomic E-state index is 10.6. The van der Waals surface area contributed by atoms with E-state index in [-0.39, 0.29) is 11.7 Å². The van der Waals surface area contributed by atoms with Crippen LogP contribution >= 0.6 is 0 Å². The zero-order chi connectivity index (χ0) is 10.6. The fourth-order valence-electron chi connectivity index (χ4n) is 0.893. The number of amides is 1. The lowest BCUT2D eigenvalue weighted by molar-refractivity contribution is -0.118. The van der Waals surface area contributed by atoms with Crippen LogP contribution in [0, 0.1) is 5.41 Å². The number of anilines is 1. The number of carbonyl (C=O) groups excluding carboxylic acids is 1.